The van der Waals surface area contributed by atoms with Gasteiger partial charge in [-0.05, 0) is 30.7 Å². The minimum Gasteiger partial charge on any atom is -0.477 e. The molecule has 0 aliphatic carbocycles. The van der Waals surface area contributed by atoms with Gasteiger partial charge in [0.25, 0.3) is 5.91 Å². The van der Waals surface area contributed by atoms with Gasteiger partial charge >= 0.3 is 0 Å². The van der Waals surface area contributed by atoms with Gasteiger partial charge < -0.3 is 20.3 Å². The number of carbonyl (C=O) groups excluding carboxylic acids is 2. The van der Waals surface area contributed by atoms with Crippen LogP contribution in [-0.2, 0) is 9.59 Å². The van der Waals surface area contributed by atoms with Gasteiger partial charge in [-0.3, -0.25) is 9.59 Å². The molecule has 0 saturated heterocycles. The quantitative estimate of drug-likeness (QED) is 0.743. The van der Waals surface area contributed by atoms with Gasteiger partial charge in [0.15, 0.2) is 11.3 Å². The van der Waals surface area contributed by atoms with Crippen LogP contribution >= 0.6 is 11.6 Å². The molecule has 0 saturated carbocycles. The van der Waals surface area contributed by atoms with E-state index in [9.17, 15) is 9.59 Å². The number of halogens is 1. The number of ether oxygens (including phenoxy) is 1. The number of nitrogens with zero attached hydrogens (tertiary/aromatic N) is 2. The van der Waals surface area contributed by atoms with E-state index in [1.165, 1.54) is 0 Å². The maximum atomic E-state index is 12.5. The van der Waals surface area contributed by atoms with Crippen molar-refractivity contribution in [2.75, 3.05) is 29.9 Å². The summed E-state index contributed by atoms with van der Waals surface area (Å²) in [6.07, 6.45) is 1.71. The van der Waals surface area contributed by atoms with Crippen molar-refractivity contribution in [3.05, 3.63) is 47.7 Å². The highest BCUT2D eigenvalue weighted by molar-refractivity contribution is 6.32. The predicted octanol–water partition coefficient (Wildman–Crippen LogP) is 2.47. The number of carbonyl (C=O) groups is 2. The third-order valence-corrected chi connectivity index (χ3v) is 4.37. The number of hydrogen-bond acceptors (Lipinski definition) is 5. The van der Waals surface area contributed by atoms with E-state index < -0.39 is 6.10 Å². The van der Waals surface area contributed by atoms with Gasteiger partial charge in [0.1, 0.15) is 5.75 Å². The van der Waals surface area contributed by atoms with E-state index in [1.807, 2.05) is 30.0 Å². The minimum atomic E-state index is -0.679. The molecule has 1 aromatic heterocycles. The Balaban J connectivity index is 1.73. The Morgan fingerprint density at radius 1 is 1.30 bits per heavy atom. The molecule has 0 spiro atoms. The van der Waals surface area contributed by atoms with Gasteiger partial charge in [-0.2, -0.15) is 0 Å². The number of pyridine rings is 1. The summed E-state index contributed by atoms with van der Waals surface area (Å²) in [7, 11) is 0. The molecule has 0 fully saturated rings. The molecule has 1 aromatic carbocycles. The molecule has 8 heteroatoms. The maximum absolute atomic E-state index is 12.5. The van der Waals surface area contributed by atoms with Crippen molar-refractivity contribution in [2.45, 2.75) is 19.4 Å². The van der Waals surface area contributed by atoms with Crippen molar-refractivity contribution in [2.24, 2.45) is 0 Å². The largest absolute Gasteiger partial charge is 0.477 e. The molecule has 0 bridgehead atoms. The van der Waals surface area contributed by atoms with E-state index in [4.69, 9.17) is 16.3 Å². The van der Waals surface area contributed by atoms with Gasteiger partial charge in [0.2, 0.25) is 5.91 Å². The van der Waals surface area contributed by atoms with Gasteiger partial charge in [0, 0.05) is 12.7 Å². The number of para-hydroxylation sites is 2. The average molecular weight is 389 g/mol. The number of nitrogens with one attached hydrogen (secondary N) is 2. The van der Waals surface area contributed by atoms with Crippen molar-refractivity contribution in [1.29, 1.82) is 0 Å². The van der Waals surface area contributed by atoms with Crippen molar-refractivity contribution >= 4 is 34.8 Å². The highest BCUT2D eigenvalue weighted by Gasteiger charge is 2.31. The highest BCUT2D eigenvalue weighted by atomic mass is 35.5. The van der Waals surface area contributed by atoms with E-state index in [2.05, 4.69) is 15.6 Å². The van der Waals surface area contributed by atoms with Crippen LogP contribution in [0, 0.1) is 0 Å². The number of hydrogen-bond donors (Lipinski definition) is 2. The second kappa shape index (κ2) is 8.73. The lowest BCUT2D eigenvalue weighted by Crippen LogP contribution is -2.50. The summed E-state index contributed by atoms with van der Waals surface area (Å²) in [6.45, 7) is 2.90. The van der Waals surface area contributed by atoms with E-state index >= 15 is 0 Å². The monoisotopic (exact) mass is 388 g/mol. The highest BCUT2D eigenvalue weighted by Crippen LogP contribution is 2.33. The van der Waals surface area contributed by atoms with Crippen molar-refractivity contribution in [3.8, 4) is 5.75 Å². The summed E-state index contributed by atoms with van der Waals surface area (Å²) in [5.41, 5.74) is 1.22. The second-order valence-corrected chi connectivity index (χ2v) is 6.49. The Bertz CT molecular complexity index is 830. The van der Waals surface area contributed by atoms with Crippen LogP contribution in [0.3, 0.4) is 0 Å². The smallest absolute Gasteiger partial charge is 0.262 e. The first kappa shape index (κ1) is 19.0. The molecule has 1 aliphatic rings. The Morgan fingerprint density at radius 2 is 2.11 bits per heavy atom. The zero-order valence-electron chi connectivity index (χ0n) is 14.9. The number of anilines is 2. The molecule has 142 valence electrons. The Labute approximate surface area is 162 Å². The number of rotatable bonds is 6. The molecular weight excluding hydrogens is 368 g/mol. The molecule has 2 aromatic rings. The molecule has 7 nitrogen and oxygen atoms in total. The molecular formula is C19H21ClN4O3. The third kappa shape index (κ3) is 4.68. The molecule has 0 unspecified atom stereocenters. The second-order valence-electron chi connectivity index (χ2n) is 6.14. The first-order chi connectivity index (χ1) is 13.1. The molecule has 1 atom stereocenters. The topological polar surface area (TPSA) is 83.6 Å². The normalized spacial score (nSPS) is 15.5. The summed E-state index contributed by atoms with van der Waals surface area (Å²) < 4.78 is 5.82. The van der Waals surface area contributed by atoms with Crippen molar-refractivity contribution in [3.63, 3.8) is 0 Å². The molecule has 2 amide bonds. The summed E-state index contributed by atoms with van der Waals surface area (Å²) in [5.74, 6) is 0.133. The van der Waals surface area contributed by atoms with Gasteiger partial charge in [-0.15, -0.1) is 0 Å². The average Bonchev–Trinajstić information content (AvgIpc) is 2.67. The van der Waals surface area contributed by atoms with Crippen molar-refractivity contribution in [1.82, 2.24) is 10.3 Å². The summed E-state index contributed by atoms with van der Waals surface area (Å²) in [4.78, 5) is 30.6. The third-order valence-electron chi connectivity index (χ3n) is 4.07. The molecule has 3 rings (SSSR count). The SMILES string of the molecule is CCCNC(=O)[C@@H]1CN(CC(=O)Nc2cccnc2Cl)c2ccccc2O1. The van der Waals surface area contributed by atoms with Crippen LogP contribution in [0.2, 0.25) is 5.15 Å². The lowest BCUT2D eigenvalue weighted by Gasteiger charge is -2.35. The van der Waals surface area contributed by atoms with Crippen LogP contribution in [0.4, 0.5) is 11.4 Å². The summed E-state index contributed by atoms with van der Waals surface area (Å²) >= 11 is 5.99. The van der Waals surface area contributed by atoms with Gasteiger partial charge in [-0.25, -0.2) is 4.98 Å². The maximum Gasteiger partial charge on any atom is 0.262 e. The summed E-state index contributed by atoms with van der Waals surface area (Å²) in [5, 5.41) is 5.81. The molecule has 1 aliphatic heterocycles. The van der Waals surface area contributed by atoms with E-state index in [1.54, 1.807) is 24.4 Å². The van der Waals surface area contributed by atoms with Crippen LogP contribution in [0.5, 0.6) is 5.75 Å². The molecule has 2 heterocycles. The number of fused-ring (bicyclic) bond motifs is 1. The van der Waals surface area contributed by atoms with E-state index in [-0.39, 0.29) is 30.1 Å². The Kier molecular flexibility index (Phi) is 6.13. The molecule has 2 N–H and O–H groups in total. The van der Waals surface area contributed by atoms with Crippen LogP contribution < -0.4 is 20.3 Å². The first-order valence-electron chi connectivity index (χ1n) is 8.77. The van der Waals surface area contributed by atoms with Gasteiger partial charge in [-0.1, -0.05) is 30.7 Å². The van der Waals surface area contributed by atoms with E-state index in [0.717, 1.165) is 12.1 Å². The fraction of sp³-hybridized carbons (Fsp3) is 0.316. The molecule has 0 radical (unpaired) electrons. The summed E-state index contributed by atoms with van der Waals surface area (Å²) in [6, 6.07) is 10.7. The lowest BCUT2D eigenvalue weighted by molar-refractivity contribution is -0.128. The fourth-order valence-electron chi connectivity index (χ4n) is 2.80. The standard InChI is InChI=1S/C19H21ClN4O3/c1-2-9-22-19(26)16-11-24(14-7-3-4-8-15(14)27-16)12-17(25)23-13-6-5-10-21-18(13)20/h3-8,10,16H,2,9,11-12H2,1H3,(H,22,26)(H,23,25)/t16-/m0/s1. The number of amides is 2. The Morgan fingerprint density at radius 3 is 2.89 bits per heavy atom. The van der Waals surface area contributed by atoms with E-state index in [0.29, 0.717) is 18.0 Å². The fourth-order valence-corrected chi connectivity index (χ4v) is 2.96. The van der Waals surface area contributed by atoms with Crippen LogP contribution in [-0.4, -0.2) is 42.5 Å². The zero-order chi connectivity index (χ0) is 19.2. The Hall–Kier alpha value is -2.80. The predicted molar refractivity (Wildman–Crippen MR) is 104 cm³/mol. The zero-order valence-corrected chi connectivity index (χ0v) is 15.7. The minimum absolute atomic E-state index is 0.0587. The number of aromatic nitrogens is 1. The molecule has 27 heavy (non-hydrogen) atoms. The van der Waals surface area contributed by atoms with Crippen LogP contribution in [0.25, 0.3) is 0 Å². The lowest BCUT2D eigenvalue weighted by atomic mass is 10.1. The van der Waals surface area contributed by atoms with Crippen molar-refractivity contribution < 1.29 is 14.3 Å². The van der Waals surface area contributed by atoms with Gasteiger partial charge in [0.05, 0.1) is 24.5 Å². The van der Waals surface area contributed by atoms with Crippen LogP contribution in [0.1, 0.15) is 13.3 Å². The number of benzene rings is 1. The van der Waals surface area contributed by atoms with Crippen LogP contribution in [0.15, 0.2) is 42.6 Å². The first-order valence-corrected chi connectivity index (χ1v) is 9.15.